The fraction of sp³-hybridized carbons (Fsp3) is 0.0833. The van der Waals surface area contributed by atoms with E-state index in [4.69, 9.17) is 23.2 Å². The Morgan fingerprint density at radius 2 is 1.55 bits per heavy atom. The minimum Gasteiger partial charge on any atom is -0.350 e. The second-order valence-corrected chi connectivity index (χ2v) is 9.02. The van der Waals surface area contributed by atoms with Crippen LogP contribution in [0, 0.1) is 13.8 Å². The zero-order chi connectivity index (χ0) is 22.1. The number of anilines is 2. The Hall–Kier alpha value is -2.73. The molecule has 4 nitrogen and oxygen atoms in total. The molecule has 7 heteroatoms. The van der Waals surface area contributed by atoms with Crippen molar-refractivity contribution in [3.05, 3.63) is 98.5 Å². The first kappa shape index (κ1) is 21.5. The summed E-state index contributed by atoms with van der Waals surface area (Å²) in [6, 6.07) is 19.7. The van der Waals surface area contributed by atoms with Crippen molar-refractivity contribution in [2.24, 2.45) is 0 Å². The minimum atomic E-state index is -0.407. The normalized spacial score (nSPS) is 13.9. The topological polar surface area (TPSA) is 49.4 Å². The maximum atomic E-state index is 13.5. The highest BCUT2D eigenvalue weighted by atomic mass is 35.5. The van der Waals surface area contributed by atoms with Crippen molar-refractivity contribution in [2.75, 3.05) is 10.2 Å². The van der Waals surface area contributed by atoms with Crippen LogP contribution in [-0.2, 0) is 9.59 Å². The molecular weight excluding hydrogens is 451 g/mol. The third kappa shape index (κ3) is 4.35. The first-order chi connectivity index (χ1) is 14.8. The second kappa shape index (κ2) is 8.79. The molecule has 1 aliphatic rings. The van der Waals surface area contributed by atoms with Gasteiger partial charge in [-0.25, -0.2) is 4.90 Å². The van der Waals surface area contributed by atoms with Gasteiger partial charge in [-0.05, 0) is 73.5 Å². The van der Waals surface area contributed by atoms with Crippen molar-refractivity contribution in [3.8, 4) is 0 Å². The molecule has 0 bridgehead atoms. The largest absolute Gasteiger partial charge is 0.350 e. The fourth-order valence-electron chi connectivity index (χ4n) is 3.24. The number of halogens is 2. The number of thioether (sulfide) groups is 1. The quantitative estimate of drug-likeness (QED) is 0.428. The number of nitrogens with zero attached hydrogens (tertiary/aromatic N) is 1. The molecule has 0 radical (unpaired) electrons. The van der Waals surface area contributed by atoms with Gasteiger partial charge in [-0.2, -0.15) is 0 Å². The molecule has 0 aliphatic carbocycles. The Morgan fingerprint density at radius 1 is 0.839 bits per heavy atom. The van der Waals surface area contributed by atoms with Gasteiger partial charge in [0, 0.05) is 20.6 Å². The van der Waals surface area contributed by atoms with E-state index in [1.807, 2.05) is 38.1 Å². The number of amides is 2. The van der Waals surface area contributed by atoms with Gasteiger partial charge in [-0.1, -0.05) is 53.2 Å². The van der Waals surface area contributed by atoms with Crippen molar-refractivity contribution >= 4 is 58.2 Å². The Labute approximate surface area is 194 Å². The third-order valence-corrected chi connectivity index (χ3v) is 6.56. The van der Waals surface area contributed by atoms with Gasteiger partial charge in [0.1, 0.15) is 10.6 Å². The molecule has 1 aliphatic heterocycles. The lowest BCUT2D eigenvalue weighted by Gasteiger charge is -2.19. The van der Waals surface area contributed by atoms with Crippen LogP contribution in [0.4, 0.5) is 11.4 Å². The monoisotopic (exact) mass is 468 g/mol. The van der Waals surface area contributed by atoms with Crippen molar-refractivity contribution in [3.63, 3.8) is 0 Å². The maximum Gasteiger partial charge on any atom is 0.283 e. The standard InChI is InChI=1S/C24H18Cl2N2O2S/c1-14-5-3-8-20(15(14)2)28-23(29)21(27-18-7-4-6-17(26)13-18)22(24(28)30)31-19-11-9-16(25)10-12-19/h3-13,27H,1-2H3. The zero-order valence-electron chi connectivity index (χ0n) is 16.8. The summed E-state index contributed by atoms with van der Waals surface area (Å²) in [4.78, 5) is 29.2. The van der Waals surface area contributed by atoms with Gasteiger partial charge in [0.2, 0.25) is 0 Å². The molecule has 4 rings (SSSR count). The Morgan fingerprint density at radius 3 is 2.26 bits per heavy atom. The molecule has 0 spiro atoms. The lowest BCUT2D eigenvalue weighted by Crippen LogP contribution is -2.33. The fourth-order valence-corrected chi connectivity index (χ4v) is 4.49. The van der Waals surface area contributed by atoms with Crippen molar-refractivity contribution in [1.29, 1.82) is 0 Å². The molecule has 0 fully saturated rings. The van der Waals surface area contributed by atoms with Crippen molar-refractivity contribution in [2.45, 2.75) is 18.7 Å². The van der Waals surface area contributed by atoms with Gasteiger partial charge in [0.15, 0.2) is 0 Å². The highest BCUT2D eigenvalue weighted by Crippen LogP contribution is 2.39. The van der Waals surface area contributed by atoms with E-state index in [1.54, 1.807) is 42.5 Å². The molecule has 0 unspecified atom stereocenters. The highest BCUT2D eigenvalue weighted by molar-refractivity contribution is 8.04. The minimum absolute atomic E-state index is 0.216. The number of hydrogen-bond donors (Lipinski definition) is 1. The van der Waals surface area contributed by atoms with Crippen molar-refractivity contribution < 1.29 is 9.59 Å². The summed E-state index contributed by atoms with van der Waals surface area (Å²) in [5.41, 5.74) is 3.30. The average Bonchev–Trinajstić information content (AvgIpc) is 2.96. The summed E-state index contributed by atoms with van der Waals surface area (Å²) in [5, 5.41) is 4.24. The Balaban J connectivity index is 1.78. The van der Waals surface area contributed by atoms with Gasteiger partial charge >= 0.3 is 0 Å². The van der Waals surface area contributed by atoms with Gasteiger partial charge in [0.05, 0.1) is 5.69 Å². The molecule has 31 heavy (non-hydrogen) atoms. The summed E-state index contributed by atoms with van der Waals surface area (Å²) in [6.45, 7) is 3.85. The van der Waals surface area contributed by atoms with E-state index in [-0.39, 0.29) is 11.6 Å². The van der Waals surface area contributed by atoms with Crippen LogP contribution >= 0.6 is 35.0 Å². The molecule has 156 valence electrons. The van der Waals surface area contributed by atoms with E-state index in [0.29, 0.717) is 26.3 Å². The number of hydrogen-bond acceptors (Lipinski definition) is 4. The van der Waals surface area contributed by atoms with Crippen LogP contribution in [0.3, 0.4) is 0 Å². The van der Waals surface area contributed by atoms with Gasteiger partial charge < -0.3 is 5.32 Å². The molecule has 0 aromatic heterocycles. The zero-order valence-corrected chi connectivity index (χ0v) is 19.1. The van der Waals surface area contributed by atoms with Crippen LogP contribution in [0.25, 0.3) is 0 Å². The van der Waals surface area contributed by atoms with E-state index in [1.165, 1.54) is 16.7 Å². The van der Waals surface area contributed by atoms with Gasteiger partial charge in [-0.15, -0.1) is 0 Å². The van der Waals surface area contributed by atoms with E-state index >= 15 is 0 Å². The number of carbonyl (C=O) groups excluding carboxylic acids is 2. The molecule has 1 N–H and O–H groups in total. The predicted molar refractivity (Wildman–Crippen MR) is 128 cm³/mol. The van der Waals surface area contributed by atoms with E-state index < -0.39 is 5.91 Å². The average molecular weight is 469 g/mol. The molecule has 1 heterocycles. The van der Waals surface area contributed by atoms with Crippen LogP contribution < -0.4 is 10.2 Å². The molecule has 2 amide bonds. The Bertz CT molecular complexity index is 1220. The summed E-state index contributed by atoms with van der Waals surface area (Å²) in [5.74, 6) is -0.779. The van der Waals surface area contributed by atoms with E-state index in [9.17, 15) is 9.59 Å². The summed E-state index contributed by atoms with van der Waals surface area (Å²) in [6.07, 6.45) is 0. The molecule has 3 aromatic carbocycles. The smallest absolute Gasteiger partial charge is 0.283 e. The lowest BCUT2D eigenvalue weighted by atomic mass is 10.1. The van der Waals surface area contributed by atoms with Crippen LogP contribution in [-0.4, -0.2) is 11.8 Å². The summed E-state index contributed by atoms with van der Waals surface area (Å²) < 4.78 is 0. The number of aryl methyl sites for hydroxylation is 1. The summed E-state index contributed by atoms with van der Waals surface area (Å²) >= 11 is 13.3. The first-order valence-corrected chi connectivity index (χ1v) is 11.1. The van der Waals surface area contributed by atoms with Crippen LogP contribution in [0.2, 0.25) is 10.0 Å². The molecule has 0 atom stereocenters. The SMILES string of the molecule is Cc1cccc(N2C(=O)C(Nc3cccc(Cl)c3)=C(Sc3ccc(Cl)cc3)C2=O)c1C. The third-order valence-electron chi connectivity index (χ3n) is 4.99. The first-order valence-electron chi connectivity index (χ1n) is 9.50. The van der Waals surface area contributed by atoms with Gasteiger partial charge in [-0.3, -0.25) is 9.59 Å². The number of imide groups is 1. The molecule has 3 aromatic rings. The number of nitrogens with one attached hydrogen (secondary N) is 1. The number of benzene rings is 3. The lowest BCUT2D eigenvalue weighted by molar-refractivity contribution is -0.120. The highest BCUT2D eigenvalue weighted by Gasteiger charge is 2.40. The molecule has 0 saturated heterocycles. The number of carbonyl (C=O) groups is 2. The molecule has 0 saturated carbocycles. The second-order valence-electron chi connectivity index (χ2n) is 7.06. The van der Waals surface area contributed by atoms with E-state index in [0.717, 1.165) is 16.0 Å². The molecular formula is C24H18Cl2N2O2S. The number of rotatable bonds is 5. The Kier molecular flexibility index (Phi) is 6.10. The van der Waals surface area contributed by atoms with Crippen molar-refractivity contribution in [1.82, 2.24) is 0 Å². The van der Waals surface area contributed by atoms with E-state index in [2.05, 4.69) is 5.32 Å². The van der Waals surface area contributed by atoms with Crippen LogP contribution in [0.1, 0.15) is 11.1 Å². The van der Waals surface area contributed by atoms with Crippen LogP contribution in [0.5, 0.6) is 0 Å². The van der Waals surface area contributed by atoms with Gasteiger partial charge in [0.25, 0.3) is 11.8 Å². The maximum absolute atomic E-state index is 13.5. The summed E-state index contributed by atoms with van der Waals surface area (Å²) in [7, 11) is 0. The predicted octanol–water partition coefficient (Wildman–Crippen LogP) is 6.60. The van der Waals surface area contributed by atoms with Crippen LogP contribution in [0.15, 0.2) is 82.2 Å².